The van der Waals surface area contributed by atoms with Gasteiger partial charge in [-0.3, -0.25) is 9.52 Å². The van der Waals surface area contributed by atoms with Crippen LogP contribution in [-0.4, -0.2) is 40.6 Å². The Morgan fingerprint density at radius 1 is 1.13 bits per heavy atom. The molecule has 2 aromatic carbocycles. The molecule has 2 aromatic rings. The van der Waals surface area contributed by atoms with Crippen LogP contribution in [0.2, 0.25) is 0 Å². The van der Waals surface area contributed by atoms with Gasteiger partial charge in [0.2, 0.25) is 5.91 Å². The number of hydrogen-bond donors (Lipinski definition) is 3. The van der Waals surface area contributed by atoms with Crippen LogP contribution in [0, 0.1) is 0 Å². The van der Waals surface area contributed by atoms with E-state index in [1.54, 1.807) is 6.07 Å². The summed E-state index contributed by atoms with van der Waals surface area (Å²) in [7, 11) is -8.83. The van der Waals surface area contributed by atoms with Crippen LogP contribution < -0.4 is 15.5 Å². The molecular weight excluding hydrogens is 431 g/mol. The van der Waals surface area contributed by atoms with E-state index in [2.05, 4.69) is 10.0 Å². The maximum absolute atomic E-state index is 13.0. The summed E-state index contributed by atoms with van der Waals surface area (Å²) in [6.07, 6.45) is 0. The summed E-state index contributed by atoms with van der Waals surface area (Å²) in [5.41, 5.74) is 1.75. The fraction of sp³-hybridized carbons (Fsp3) is 0.278. The van der Waals surface area contributed by atoms with Crippen molar-refractivity contribution in [3.63, 3.8) is 0 Å². The predicted octanol–water partition coefficient (Wildman–Crippen LogP) is 0.598. The molecule has 0 atom stereocenters. The van der Waals surface area contributed by atoms with Crippen LogP contribution in [-0.2, 0) is 41.7 Å². The molecule has 9 nitrogen and oxygen atoms in total. The molecule has 1 heterocycles. The summed E-state index contributed by atoms with van der Waals surface area (Å²) in [6, 6.07) is 8.62. The molecule has 0 aromatic heterocycles. The van der Waals surface area contributed by atoms with Crippen molar-refractivity contribution in [3.8, 4) is 0 Å². The molecular formula is C18H21BN2O7S2. The molecule has 160 valence electrons. The molecule has 30 heavy (non-hydrogen) atoms. The van der Waals surface area contributed by atoms with Crippen LogP contribution in [0.3, 0.4) is 0 Å². The number of sulfone groups is 1. The summed E-state index contributed by atoms with van der Waals surface area (Å²) in [5.74, 6) is -1.02. The Morgan fingerprint density at radius 3 is 2.50 bits per heavy atom. The maximum atomic E-state index is 13.0. The second-order valence-electron chi connectivity index (χ2n) is 6.86. The lowest BCUT2D eigenvalue weighted by molar-refractivity contribution is -0.114. The lowest BCUT2D eigenvalue weighted by Gasteiger charge is -2.15. The van der Waals surface area contributed by atoms with Crippen LogP contribution >= 0.6 is 0 Å². The Kier molecular flexibility index (Phi) is 6.23. The first-order valence-corrected chi connectivity index (χ1v) is 12.4. The first-order chi connectivity index (χ1) is 14.0. The van der Waals surface area contributed by atoms with Crippen LogP contribution in [0.25, 0.3) is 0 Å². The SMILES string of the molecule is CCS(=O)(=O)Cc1cc(NC(C)=O)ccc1S(=O)(=O)Nc1ccc2c(c1)B(O)OC2. The second kappa shape index (κ2) is 8.38. The molecule has 1 aliphatic heterocycles. The van der Waals surface area contributed by atoms with Gasteiger partial charge in [-0.1, -0.05) is 13.0 Å². The lowest BCUT2D eigenvalue weighted by Crippen LogP contribution is -2.28. The van der Waals surface area contributed by atoms with Crippen LogP contribution in [0.15, 0.2) is 41.3 Å². The highest BCUT2D eigenvalue weighted by Gasteiger charge is 2.28. The molecule has 1 amide bonds. The van der Waals surface area contributed by atoms with Gasteiger partial charge in [0.15, 0.2) is 9.84 Å². The van der Waals surface area contributed by atoms with Crippen molar-refractivity contribution >= 4 is 49.7 Å². The Bertz CT molecular complexity index is 1200. The normalized spacial score (nSPS) is 13.8. The van der Waals surface area contributed by atoms with Crippen molar-refractivity contribution in [2.45, 2.75) is 31.1 Å². The predicted molar refractivity (Wildman–Crippen MR) is 114 cm³/mol. The fourth-order valence-corrected chi connectivity index (χ4v) is 5.34. The number of carbonyl (C=O) groups is 1. The van der Waals surface area contributed by atoms with Gasteiger partial charge < -0.3 is 15.0 Å². The summed E-state index contributed by atoms with van der Waals surface area (Å²) in [5, 5.41) is 12.3. The molecule has 0 radical (unpaired) electrons. The van der Waals surface area contributed by atoms with Crippen molar-refractivity contribution < 1.29 is 31.3 Å². The highest BCUT2D eigenvalue weighted by atomic mass is 32.2. The van der Waals surface area contributed by atoms with Crippen molar-refractivity contribution in [2.75, 3.05) is 15.8 Å². The first kappa shape index (κ1) is 22.3. The molecule has 0 fully saturated rings. The number of hydrogen-bond acceptors (Lipinski definition) is 7. The third-order valence-electron chi connectivity index (χ3n) is 4.55. The van der Waals surface area contributed by atoms with Gasteiger partial charge in [-0.2, -0.15) is 0 Å². The summed E-state index contributed by atoms with van der Waals surface area (Å²) < 4.78 is 57.9. The highest BCUT2D eigenvalue weighted by Crippen LogP contribution is 2.25. The minimum absolute atomic E-state index is 0.0418. The second-order valence-corrected chi connectivity index (χ2v) is 10.9. The molecule has 12 heteroatoms. The van der Waals surface area contributed by atoms with E-state index < -0.39 is 32.7 Å². The molecule has 3 N–H and O–H groups in total. The number of amides is 1. The number of benzene rings is 2. The van der Waals surface area contributed by atoms with Crippen molar-refractivity contribution in [1.82, 2.24) is 0 Å². The Morgan fingerprint density at radius 2 is 1.83 bits per heavy atom. The number of carbonyl (C=O) groups excluding carboxylic acids is 1. The monoisotopic (exact) mass is 452 g/mol. The molecule has 1 aliphatic rings. The van der Waals surface area contributed by atoms with E-state index in [4.69, 9.17) is 4.65 Å². The van der Waals surface area contributed by atoms with E-state index in [1.165, 1.54) is 44.2 Å². The molecule has 0 unspecified atom stereocenters. The van der Waals surface area contributed by atoms with Crippen molar-refractivity contribution in [1.29, 1.82) is 0 Å². The van der Waals surface area contributed by atoms with Gasteiger partial charge in [-0.05, 0) is 46.9 Å². The van der Waals surface area contributed by atoms with Crippen LogP contribution in [0.5, 0.6) is 0 Å². The van der Waals surface area contributed by atoms with Gasteiger partial charge >= 0.3 is 7.12 Å². The van der Waals surface area contributed by atoms with Crippen LogP contribution in [0.4, 0.5) is 11.4 Å². The molecule has 0 saturated heterocycles. The Labute approximate surface area is 175 Å². The van der Waals surface area contributed by atoms with Gasteiger partial charge in [0, 0.05) is 24.1 Å². The van der Waals surface area contributed by atoms with E-state index in [9.17, 15) is 26.7 Å². The molecule has 3 rings (SSSR count). The van der Waals surface area contributed by atoms with Gasteiger partial charge in [-0.25, -0.2) is 16.8 Å². The van der Waals surface area contributed by atoms with E-state index in [1.807, 2.05) is 0 Å². The van der Waals surface area contributed by atoms with Crippen molar-refractivity contribution in [2.24, 2.45) is 0 Å². The number of nitrogens with one attached hydrogen (secondary N) is 2. The minimum Gasteiger partial charge on any atom is -0.423 e. The lowest BCUT2D eigenvalue weighted by atomic mass is 9.79. The van der Waals surface area contributed by atoms with Crippen molar-refractivity contribution in [3.05, 3.63) is 47.5 Å². The summed E-state index contributed by atoms with van der Waals surface area (Å²) >= 11 is 0. The summed E-state index contributed by atoms with van der Waals surface area (Å²) in [6.45, 7) is 2.99. The number of anilines is 2. The Balaban J connectivity index is 1.99. The molecule has 0 spiro atoms. The topological polar surface area (TPSA) is 139 Å². The van der Waals surface area contributed by atoms with E-state index in [-0.39, 0.29) is 34.4 Å². The number of rotatable bonds is 7. The van der Waals surface area contributed by atoms with E-state index in [0.29, 0.717) is 11.2 Å². The number of sulfonamides is 1. The minimum atomic E-state index is -4.15. The van der Waals surface area contributed by atoms with Gasteiger partial charge in [0.25, 0.3) is 10.0 Å². The van der Waals surface area contributed by atoms with E-state index >= 15 is 0 Å². The molecule has 0 bridgehead atoms. The molecule has 0 saturated carbocycles. The standard InChI is InChI=1S/C18H21BN2O7S2/c1-3-29(24,25)11-14-8-15(20-12(2)22)6-7-18(14)30(26,27)21-16-5-4-13-10-28-19(23)17(13)9-16/h4-9,21,23H,3,10-11H2,1-2H3,(H,20,22). The highest BCUT2D eigenvalue weighted by molar-refractivity contribution is 7.93. The zero-order valence-corrected chi connectivity index (χ0v) is 18.0. The third-order valence-corrected chi connectivity index (χ3v) is 7.66. The number of fused-ring (bicyclic) bond motifs is 1. The van der Waals surface area contributed by atoms with Gasteiger partial charge in [0.1, 0.15) is 0 Å². The molecule has 0 aliphatic carbocycles. The van der Waals surface area contributed by atoms with E-state index in [0.717, 1.165) is 5.56 Å². The summed E-state index contributed by atoms with van der Waals surface area (Å²) in [4.78, 5) is 11.1. The smallest absolute Gasteiger partial charge is 0.423 e. The van der Waals surface area contributed by atoms with Crippen LogP contribution in [0.1, 0.15) is 25.0 Å². The third kappa shape index (κ3) is 5.01. The Hall–Kier alpha value is -2.41. The van der Waals surface area contributed by atoms with Gasteiger partial charge in [0.05, 0.1) is 17.3 Å². The zero-order valence-electron chi connectivity index (χ0n) is 16.4. The largest absolute Gasteiger partial charge is 0.491 e. The zero-order chi connectivity index (χ0) is 22.1. The maximum Gasteiger partial charge on any atom is 0.491 e. The average molecular weight is 452 g/mol. The van der Waals surface area contributed by atoms with Gasteiger partial charge in [-0.15, -0.1) is 0 Å². The quantitative estimate of drug-likeness (QED) is 0.523. The fourth-order valence-electron chi connectivity index (χ4n) is 3.06. The first-order valence-electron chi connectivity index (χ1n) is 9.07. The average Bonchev–Trinajstić information content (AvgIpc) is 3.01.